The Kier molecular flexibility index (Phi) is 7.33. The Hall–Kier alpha value is -3.00. The van der Waals surface area contributed by atoms with E-state index in [0.29, 0.717) is 49.7 Å². The highest BCUT2D eigenvalue weighted by Crippen LogP contribution is 2.26. The van der Waals surface area contributed by atoms with E-state index in [1.807, 2.05) is 43.3 Å². The topological polar surface area (TPSA) is 71.3 Å². The van der Waals surface area contributed by atoms with Gasteiger partial charge in [-0.15, -0.1) is 0 Å². The average molecular weight is 338 g/mol. The fraction of sp³-hybridized carbons (Fsp3) is 0.300. The van der Waals surface area contributed by atoms with Gasteiger partial charge >= 0.3 is 0 Å². The van der Waals surface area contributed by atoms with Crippen LogP contribution in [0.4, 0.5) is 0 Å². The molecule has 130 valence electrons. The van der Waals surface area contributed by atoms with Crippen LogP contribution in [0.5, 0.6) is 11.5 Å². The molecule has 2 aromatic rings. The molecule has 0 heterocycles. The second kappa shape index (κ2) is 9.99. The van der Waals surface area contributed by atoms with Crippen molar-refractivity contribution in [3.8, 4) is 17.6 Å². The molecule has 1 N–H and O–H groups in total. The lowest BCUT2D eigenvalue weighted by Crippen LogP contribution is -2.23. The molecule has 1 amide bonds. The zero-order chi connectivity index (χ0) is 17.9. The SMILES string of the molecule is CCOc1ccccc1OCCCC(=O)NCc1cccc(C#N)c1. The molecular formula is C20H22N2O3. The molecule has 0 aromatic heterocycles. The van der Waals surface area contributed by atoms with Gasteiger partial charge in [0.25, 0.3) is 0 Å². The van der Waals surface area contributed by atoms with E-state index < -0.39 is 0 Å². The summed E-state index contributed by atoms with van der Waals surface area (Å²) >= 11 is 0. The van der Waals surface area contributed by atoms with Crippen LogP contribution in [0.3, 0.4) is 0 Å². The predicted octanol–water partition coefficient (Wildman–Crippen LogP) is 3.43. The Balaban J connectivity index is 1.69. The molecule has 5 nitrogen and oxygen atoms in total. The van der Waals surface area contributed by atoms with Gasteiger partial charge in [-0.1, -0.05) is 24.3 Å². The van der Waals surface area contributed by atoms with Crippen LogP contribution in [-0.4, -0.2) is 19.1 Å². The molecule has 0 atom stereocenters. The van der Waals surface area contributed by atoms with Crippen LogP contribution in [0, 0.1) is 11.3 Å². The zero-order valence-corrected chi connectivity index (χ0v) is 14.3. The van der Waals surface area contributed by atoms with Gasteiger partial charge in [0, 0.05) is 13.0 Å². The fourth-order valence-corrected chi connectivity index (χ4v) is 2.30. The number of ether oxygens (including phenoxy) is 2. The third kappa shape index (κ3) is 6.19. The third-order valence-electron chi connectivity index (χ3n) is 3.50. The lowest BCUT2D eigenvalue weighted by atomic mass is 10.1. The molecule has 0 saturated heterocycles. The second-order valence-electron chi connectivity index (χ2n) is 5.42. The first kappa shape index (κ1) is 18.3. The first-order valence-electron chi connectivity index (χ1n) is 8.33. The zero-order valence-electron chi connectivity index (χ0n) is 14.3. The van der Waals surface area contributed by atoms with Crippen molar-refractivity contribution < 1.29 is 14.3 Å². The number of hydrogen-bond acceptors (Lipinski definition) is 4. The van der Waals surface area contributed by atoms with Crippen molar-refractivity contribution >= 4 is 5.91 Å². The van der Waals surface area contributed by atoms with E-state index in [4.69, 9.17) is 14.7 Å². The number of carbonyl (C=O) groups is 1. The lowest BCUT2D eigenvalue weighted by Gasteiger charge is -2.11. The maximum Gasteiger partial charge on any atom is 0.220 e. The fourth-order valence-electron chi connectivity index (χ4n) is 2.30. The molecule has 0 aliphatic carbocycles. The highest BCUT2D eigenvalue weighted by Gasteiger charge is 2.05. The van der Waals surface area contributed by atoms with E-state index >= 15 is 0 Å². The van der Waals surface area contributed by atoms with Crippen LogP contribution in [-0.2, 0) is 11.3 Å². The van der Waals surface area contributed by atoms with Gasteiger partial charge < -0.3 is 14.8 Å². The van der Waals surface area contributed by atoms with Crippen LogP contribution >= 0.6 is 0 Å². The van der Waals surface area contributed by atoms with Crippen molar-refractivity contribution in [3.05, 3.63) is 59.7 Å². The second-order valence-corrected chi connectivity index (χ2v) is 5.42. The van der Waals surface area contributed by atoms with Crippen LogP contribution in [0.2, 0.25) is 0 Å². The minimum absolute atomic E-state index is 0.0379. The molecule has 0 fully saturated rings. The summed E-state index contributed by atoms with van der Waals surface area (Å²) in [6, 6.07) is 16.8. The van der Waals surface area contributed by atoms with Gasteiger partial charge in [-0.2, -0.15) is 5.26 Å². The standard InChI is InChI=1S/C20H22N2O3/c1-2-24-18-9-3-4-10-19(18)25-12-6-11-20(23)22-15-17-8-5-7-16(13-17)14-21/h3-5,7-10,13H,2,6,11-12,15H2,1H3,(H,22,23). The van der Waals surface area contributed by atoms with Gasteiger partial charge in [-0.25, -0.2) is 0 Å². The van der Waals surface area contributed by atoms with Crippen molar-refractivity contribution in [3.63, 3.8) is 0 Å². The molecule has 0 unspecified atom stereocenters. The molecule has 2 rings (SSSR count). The third-order valence-corrected chi connectivity index (χ3v) is 3.50. The molecule has 2 aromatic carbocycles. The first-order valence-corrected chi connectivity index (χ1v) is 8.33. The number of nitrogens with zero attached hydrogens (tertiary/aromatic N) is 1. The molecule has 0 bridgehead atoms. The molecule has 0 spiro atoms. The Morgan fingerprint density at radius 3 is 2.60 bits per heavy atom. The summed E-state index contributed by atoms with van der Waals surface area (Å²) in [5.41, 5.74) is 1.50. The number of nitrogens with one attached hydrogen (secondary N) is 1. The predicted molar refractivity (Wildman–Crippen MR) is 95.3 cm³/mol. The van der Waals surface area contributed by atoms with Crippen LogP contribution < -0.4 is 14.8 Å². The van der Waals surface area contributed by atoms with Crippen molar-refractivity contribution in [2.75, 3.05) is 13.2 Å². The van der Waals surface area contributed by atoms with Crippen molar-refractivity contribution in [1.29, 1.82) is 5.26 Å². The maximum absolute atomic E-state index is 11.9. The normalized spacial score (nSPS) is 9.92. The Morgan fingerprint density at radius 2 is 1.88 bits per heavy atom. The lowest BCUT2D eigenvalue weighted by molar-refractivity contribution is -0.121. The van der Waals surface area contributed by atoms with Crippen LogP contribution in [0.25, 0.3) is 0 Å². The van der Waals surface area contributed by atoms with Gasteiger partial charge in [0.1, 0.15) is 0 Å². The molecule has 25 heavy (non-hydrogen) atoms. The highest BCUT2D eigenvalue weighted by atomic mass is 16.5. The van der Waals surface area contributed by atoms with Gasteiger partial charge in [-0.05, 0) is 43.2 Å². The van der Waals surface area contributed by atoms with Gasteiger partial charge in [0.05, 0.1) is 24.8 Å². The summed E-state index contributed by atoms with van der Waals surface area (Å²) in [7, 11) is 0. The quantitative estimate of drug-likeness (QED) is 0.711. The van der Waals surface area contributed by atoms with Gasteiger partial charge in [0.15, 0.2) is 11.5 Å². The maximum atomic E-state index is 11.9. The van der Waals surface area contributed by atoms with E-state index in [0.717, 1.165) is 5.56 Å². The van der Waals surface area contributed by atoms with Crippen molar-refractivity contribution in [2.24, 2.45) is 0 Å². The number of nitriles is 1. The van der Waals surface area contributed by atoms with Crippen molar-refractivity contribution in [1.82, 2.24) is 5.32 Å². The number of para-hydroxylation sites is 2. The first-order chi connectivity index (χ1) is 12.2. The summed E-state index contributed by atoms with van der Waals surface area (Å²) in [5, 5.41) is 11.7. The number of carbonyl (C=O) groups excluding carboxylic acids is 1. The number of amides is 1. The van der Waals surface area contributed by atoms with E-state index in [-0.39, 0.29) is 5.91 Å². The molecule has 0 aliphatic heterocycles. The molecule has 5 heteroatoms. The summed E-state index contributed by atoms with van der Waals surface area (Å²) < 4.78 is 11.2. The highest BCUT2D eigenvalue weighted by molar-refractivity contribution is 5.75. The van der Waals surface area contributed by atoms with E-state index in [2.05, 4.69) is 11.4 Å². The average Bonchev–Trinajstić information content (AvgIpc) is 2.65. The largest absolute Gasteiger partial charge is 0.490 e. The molecular weight excluding hydrogens is 316 g/mol. The minimum atomic E-state index is -0.0379. The summed E-state index contributed by atoms with van der Waals surface area (Å²) in [4.78, 5) is 11.9. The number of benzene rings is 2. The monoisotopic (exact) mass is 338 g/mol. The Bertz CT molecular complexity index is 738. The van der Waals surface area contributed by atoms with Crippen molar-refractivity contribution in [2.45, 2.75) is 26.3 Å². The van der Waals surface area contributed by atoms with Gasteiger partial charge in [-0.3, -0.25) is 4.79 Å². The van der Waals surface area contributed by atoms with Crippen LogP contribution in [0.15, 0.2) is 48.5 Å². The van der Waals surface area contributed by atoms with E-state index in [1.54, 1.807) is 12.1 Å². The molecule has 0 saturated carbocycles. The Labute approximate surface area is 148 Å². The molecule has 0 radical (unpaired) electrons. The Morgan fingerprint density at radius 1 is 1.12 bits per heavy atom. The number of hydrogen-bond donors (Lipinski definition) is 1. The summed E-state index contributed by atoms with van der Waals surface area (Å²) in [5.74, 6) is 1.37. The molecule has 0 aliphatic rings. The summed E-state index contributed by atoms with van der Waals surface area (Å²) in [6.07, 6.45) is 0.999. The summed E-state index contributed by atoms with van der Waals surface area (Å²) in [6.45, 7) is 3.37. The van der Waals surface area contributed by atoms with Gasteiger partial charge in [0.2, 0.25) is 5.91 Å². The minimum Gasteiger partial charge on any atom is -0.490 e. The number of rotatable bonds is 9. The van der Waals surface area contributed by atoms with E-state index in [1.165, 1.54) is 0 Å². The smallest absolute Gasteiger partial charge is 0.220 e. The van der Waals surface area contributed by atoms with E-state index in [9.17, 15) is 4.79 Å². The van der Waals surface area contributed by atoms with Crippen LogP contribution in [0.1, 0.15) is 30.9 Å².